The van der Waals surface area contributed by atoms with E-state index in [-0.39, 0.29) is 6.54 Å². The van der Waals surface area contributed by atoms with E-state index in [0.29, 0.717) is 0 Å². The minimum absolute atomic E-state index is 0.0321. The van der Waals surface area contributed by atoms with Crippen LogP contribution in [0.1, 0.15) is 0 Å². The Bertz CT molecular complexity index is 629. The second-order valence-electron chi connectivity index (χ2n) is 3.73. The van der Waals surface area contributed by atoms with E-state index in [0.717, 1.165) is 11.3 Å². The summed E-state index contributed by atoms with van der Waals surface area (Å²) in [6.45, 7) is -0.0321. The maximum absolute atomic E-state index is 10.5. The minimum Gasteiger partial charge on any atom is -0.542 e. The zero-order chi connectivity index (χ0) is 16.8. The lowest BCUT2D eigenvalue weighted by molar-refractivity contribution is -0.685. The van der Waals surface area contributed by atoms with E-state index in [1.165, 1.54) is 11.5 Å². The maximum Gasteiger partial charge on any atom is 0.430 e. The number of carboxylic acid groups (broad SMARTS) is 2. The van der Waals surface area contributed by atoms with Crippen molar-refractivity contribution in [3.05, 3.63) is 29.9 Å². The van der Waals surface area contributed by atoms with Crippen LogP contribution in [0.4, 0.5) is 13.2 Å². The van der Waals surface area contributed by atoms with Crippen molar-refractivity contribution >= 4 is 23.5 Å². The van der Waals surface area contributed by atoms with E-state index in [9.17, 15) is 18.0 Å². The number of pyridine rings is 1. The number of carbonyl (C=O) groups is 2. The molecule has 0 aliphatic rings. The van der Waals surface area contributed by atoms with Gasteiger partial charge in [-0.1, -0.05) is 4.49 Å². The molecule has 0 atom stereocenters. The number of nitrogens with zero attached hydrogens (tertiary/aromatic N) is 3. The monoisotopic (exact) mass is 335 g/mol. The zero-order valence-electron chi connectivity index (χ0n) is 10.6. The number of aliphatic carboxylic acids is 2. The Hall–Kier alpha value is -2.56. The average Bonchev–Trinajstić information content (AvgIpc) is 2.92. The standard InChI is InChI=1S/C9H7N3O2S.C2HF3O2/c13-9(14)5-12-3-1-7(2-4-12)8-6-15-11-10-8;3-2(4,5)1(6)7/h1-4,6H,5H2;(H,6,7). The molecule has 1 N–H and O–H groups in total. The van der Waals surface area contributed by atoms with Crippen LogP contribution in [0.2, 0.25) is 0 Å². The Morgan fingerprint density at radius 2 is 1.86 bits per heavy atom. The highest BCUT2D eigenvalue weighted by Crippen LogP contribution is 2.15. The van der Waals surface area contributed by atoms with Crippen molar-refractivity contribution < 1.29 is 37.5 Å². The SMILES string of the molecule is O=C(O)C[n+]1ccc(-c2csnn2)cc1.O=C([O-])C(F)(F)F. The zero-order valence-corrected chi connectivity index (χ0v) is 11.5. The van der Waals surface area contributed by atoms with Crippen LogP contribution in [0.5, 0.6) is 0 Å². The van der Waals surface area contributed by atoms with Gasteiger partial charge in [-0.3, -0.25) is 0 Å². The predicted octanol–water partition coefficient (Wildman–Crippen LogP) is -0.124. The molecule has 0 saturated heterocycles. The summed E-state index contributed by atoms with van der Waals surface area (Å²) in [4.78, 5) is 19.2. The summed E-state index contributed by atoms with van der Waals surface area (Å²) in [5.74, 6) is -3.87. The lowest BCUT2D eigenvalue weighted by Crippen LogP contribution is -2.37. The molecule has 7 nitrogen and oxygen atoms in total. The first-order valence-electron chi connectivity index (χ1n) is 5.46. The smallest absolute Gasteiger partial charge is 0.430 e. The molecule has 118 valence electrons. The van der Waals surface area contributed by atoms with Gasteiger partial charge in [0.05, 0.1) is 0 Å². The largest absolute Gasteiger partial charge is 0.542 e. The molecule has 0 saturated carbocycles. The predicted molar refractivity (Wildman–Crippen MR) is 64.2 cm³/mol. The summed E-state index contributed by atoms with van der Waals surface area (Å²) in [6, 6.07) is 3.64. The molecule has 0 bridgehead atoms. The van der Waals surface area contributed by atoms with Crippen molar-refractivity contribution in [2.75, 3.05) is 0 Å². The molecule has 0 radical (unpaired) electrons. The first-order valence-corrected chi connectivity index (χ1v) is 6.30. The van der Waals surface area contributed by atoms with Crippen molar-refractivity contribution in [2.45, 2.75) is 12.7 Å². The Kier molecular flexibility index (Phi) is 5.92. The van der Waals surface area contributed by atoms with E-state index >= 15 is 0 Å². The lowest BCUT2D eigenvalue weighted by atomic mass is 10.2. The molecule has 0 aromatic carbocycles. The molecule has 2 aromatic heterocycles. The molecule has 2 heterocycles. The molecule has 0 aliphatic carbocycles. The quantitative estimate of drug-likeness (QED) is 0.784. The summed E-state index contributed by atoms with van der Waals surface area (Å²) < 4.78 is 36.9. The van der Waals surface area contributed by atoms with Crippen molar-refractivity contribution in [1.29, 1.82) is 0 Å². The molecular formula is C11H8F3N3O4S. The highest BCUT2D eigenvalue weighted by atomic mass is 32.1. The number of carbonyl (C=O) groups excluding carboxylic acids is 1. The van der Waals surface area contributed by atoms with Gasteiger partial charge in [-0.05, 0) is 11.5 Å². The van der Waals surface area contributed by atoms with E-state index in [2.05, 4.69) is 9.59 Å². The van der Waals surface area contributed by atoms with Gasteiger partial charge in [0.2, 0.25) is 6.54 Å². The molecular weight excluding hydrogens is 327 g/mol. The number of hydrogen-bond donors (Lipinski definition) is 1. The molecule has 0 aliphatic heterocycles. The Balaban J connectivity index is 0.000000295. The number of rotatable bonds is 3. The first kappa shape index (κ1) is 17.5. The van der Waals surface area contributed by atoms with Crippen LogP contribution < -0.4 is 9.67 Å². The van der Waals surface area contributed by atoms with Crippen LogP contribution in [0, 0.1) is 0 Å². The van der Waals surface area contributed by atoms with Crippen molar-refractivity contribution in [3.8, 4) is 11.3 Å². The van der Waals surface area contributed by atoms with Crippen molar-refractivity contribution in [3.63, 3.8) is 0 Å². The first-order chi connectivity index (χ1) is 10.2. The van der Waals surface area contributed by atoms with Gasteiger partial charge in [-0.2, -0.15) is 17.7 Å². The number of aromatic nitrogens is 3. The van der Waals surface area contributed by atoms with Crippen molar-refractivity contribution in [2.24, 2.45) is 0 Å². The van der Waals surface area contributed by atoms with Gasteiger partial charge in [0.25, 0.3) is 0 Å². The number of carboxylic acids is 2. The fourth-order valence-corrected chi connectivity index (χ4v) is 1.65. The van der Waals surface area contributed by atoms with Crippen LogP contribution in [0.15, 0.2) is 29.9 Å². The third-order valence-corrected chi connectivity index (χ3v) is 2.60. The molecule has 22 heavy (non-hydrogen) atoms. The highest BCUT2D eigenvalue weighted by molar-refractivity contribution is 7.03. The summed E-state index contributed by atoms with van der Waals surface area (Å²) in [5.41, 5.74) is 1.74. The second kappa shape index (κ2) is 7.45. The van der Waals surface area contributed by atoms with E-state index in [4.69, 9.17) is 15.0 Å². The summed E-state index contributed by atoms with van der Waals surface area (Å²) in [5, 5.41) is 23.1. The molecule has 0 unspecified atom stereocenters. The van der Waals surface area contributed by atoms with Crippen LogP contribution in [0.3, 0.4) is 0 Å². The van der Waals surface area contributed by atoms with E-state index in [1.54, 1.807) is 17.0 Å². The average molecular weight is 335 g/mol. The normalized spacial score (nSPS) is 10.5. The number of halogens is 3. The Labute approximate surface area is 125 Å². The fraction of sp³-hybridized carbons (Fsp3) is 0.182. The minimum atomic E-state index is -5.19. The van der Waals surface area contributed by atoms with E-state index < -0.39 is 18.1 Å². The van der Waals surface area contributed by atoms with Gasteiger partial charge in [0.15, 0.2) is 12.4 Å². The lowest BCUT2D eigenvalue weighted by Gasteiger charge is -2.03. The van der Waals surface area contributed by atoms with E-state index in [1.807, 2.05) is 17.5 Å². The van der Waals surface area contributed by atoms with Gasteiger partial charge in [0.1, 0.15) is 11.7 Å². The Morgan fingerprint density at radius 1 is 1.32 bits per heavy atom. The molecule has 2 aromatic rings. The third-order valence-electron chi connectivity index (χ3n) is 2.10. The van der Waals surface area contributed by atoms with Gasteiger partial charge in [-0.25, -0.2) is 4.79 Å². The molecule has 0 spiro atoms. The maximum atomic E-state index is 10.5. The van der Waals surface area contributed by atoms with Crippen LogP contribution >= 0.6 is 11.5 Å². The molecule has 0 fully saturated rings. The number of alkyl halides is 3. The van der Waals surface area contributed by atoms with Crippen LogP contribution in [0.25, 0.3) is 11.3 Å². The van der Waals surface area contributed by atoms with Crippen molar-refractivity contribution in [1.82, 2.24) is 9.59 Å². The summed E-state index contributed by atoms with van der Waals surface area (Å²) in [7, 11) is 0. The van der Waals surface area contributed by atoms with Crippen LogP contribution in [-0.4, -0.2) is 32.8 Å². The molecule has 2 rings (SSSR count). The van der Waals surface area contributed by atoms with Gasteiger partial charge >= 0.3 is 12.1 Å². The fourth-order valence-electron chi connectivity index (χ4n) is 1.18. The third kappa shape index (κ3) is 5.83. The van der Waals surface area contributed by atoms with Gasteiger partial charge in [0, 0.05) is 23.1 Å². The second-order valence-corrected chi connectivity index (χ2v) is 4.34. The van der Waals surface area contributed by atoms with Gasteiger partial charge in [-0.15, -0.1) is 5.10 Å². The number of hydrogen-bond acceptors (Lipinski definition) is 6. The molecule has 11 heteroatoms. The van der Waals surface area contributed by atoms with Crippen LogP contribution in [-0.2, 0) is 16.1 Å². The van der Waals surface area contributed by atoms with Gasteiger partial charge < -0.3 is 15.0 Å². The summed E-state index contributed by atoms with van der Waals surface area (Å²) in [6.07, 6.45) is -1.77. The summed E-state index contributed by atoms with van der Waals surface area (Å²) >= 11 is 1.29. The topological polar surface area (TPSA) is 107 Å². The highest BCUT2D eigenvalue weighted by Gasteiger charge is 2.28. The Morgan fingerprint density at radius 3 is 2.23 bits per heavy atom. The molecule has 0 amide bonds.